The van der Waals surface area contributed by atoms with Gasteiger partial charge >= 0.3 is 0 Å². The van der Waals surface area contributed by atoms with E-state index in [-0.39, 0.29) is 11.6 Å². The van der Waals surface area contributed by atoms with Crippen LogP contribution in [0.4, 0.5) is 15.8 Å². The van der Waals surface area contributed by atoms with Crippen LogP contribution < -0.4 is 5.32 Å². The van der Waals surface area contributed by atoms with Crippen LogP contribution in [0, 0.1) is 5.82 Å². The van der Waals surface area contributed by atoms with Crippen molar-refractivity contribution in [3.05, 3.63) is 24.0 Å². The lowest BCUT2D eigenvalue weighted by atomic mass is 10.2. The Hall–Kier alpha value is -2.00. The number of benzene rings is 1. The molecule has 0 saturated carbocycles. The Morgan fingerprint density at radius 2 is 2.29 bits per heavy atom. The molecule has 72 valence electrons. The molecule has 14 heavy (non-hydrogen) atoms. The number of nitrogens with zero attached hydrogens (tertiary/aromatic N) is 1. The Kier molecular flexibility index (Phi) is 3.09. The van der Waals surface area contributed by atoms with Gasteiger partial charge in [0.25, 0.3) is 0 Å². The maximum atomic E-state index is 12.9. The molecule has 1 aromatic rings. The number of carbonyl (C=O) groups excluding carboxylic acids is 2. The summed E-state index contributed by atoms with van der Waals surface area (Å²) in [5.74, 6) is -0.917. The van der Waals surface area contributed by atoms with Gasteiger partial charge in [-0.15, -0.1) is 0 Å². The third kappa shape index (κ3) is 2.50. The predicted octanol–water partition coefficient (Wildman–Crippen LogP) is 1.75. The minimum Gasteiger partial charge on any atom is -0.326 e. The van der Waals surface area contributed by atoms with E-state index in [0.29, 0.717) is 5.69 Å². The third-order valence-corrected chi connectivity index (χ3v) is 1.43. The molecule has 0 heterocycles. The zero-order chi connectivity index (χ0) is 10.6. The molecular formula is C9H7FN2O2. The van der Waals surface area contributed by atoms with E-state index in [1.165, 1.54) is 25.1 Å². The van der Waals surface area contributed by atoms with Crippen molar-refractivity contribution in [2.75, 3.05) is 5.32 Å². The number of anilines is 1. The number of isocyanates is 1. The number of halogens is 1. The van der Waals surface area contributed by atoms with Crippen LogP contribution in [0.15, 0.2) is 23.2 Å². The molecule has 0 aliphatic carbocycles. The fourth-order valence-corrected chi connectivity index (χ4v) is 0.929. The molecular weight excluding hydrogens is 187 g/mol. The van der Waals surface area contributed by atoms with E-state index in [1.54, 1.807) is 0 Å². The maximum absolute atomic E-state index is 12.9. The van der Waals surface area contributed by atoms with Crippen LogP contribution in [-0.4, -0.2) is 12.0 Å². The van der Waals surface area contributed by atoms with Crippen molar-refractivity contribution in [3.8, 4) is 0 Å². The van der Waals surface area contributed by atoms with Crippen molar-refractivity contribution in [2.45, 2.75) is 6.92 Å². The van der Waals surface area contributed by atoms with Crippen molar-refractivity contribution in [3.63, 3.8) is 0 Å². The summed E-state index contributed by atoms with van der Waals surface area (Å²) in [6, 6.07) is 3.74. The Morgan fingerprint density at radius 1 is 1.57 bits per heavy atom. The second-order valence-electron chi connectivity index (χ2n) is 2.55. The monoisotopic (exact) mass is 194 g/mol. The second kappa shape index (κ2) is 4.30. The van der Waals surface area contributed by atoms with Crippen molar-refractivity contribution < 1.29 is 14.0 Å². The standard InChI is InChI=1S/C9H7FN2O2/c1-6(14)12-7-2-3-8(10)9(4-7)11-5-13/h2-4H,1H3,(H,12,14). The van der Waals surface area contributed by atoms with Gasteiger partial charge in [0, 0.05) is 12.6 Å². The quantitative estimate of drug-likeness (QED) is 0.576. The SMILES string of the molecule is CC(=O)Nc1ccc(F)c(N=C=O)c1. The molecule has 0 bridgehead atoms. The van der Waals surface area contributed by atoms with Crippen LogP contribution in [0.5, 0.6) is 0 Å². The first-order chi connectivity index (χ1) is 6.63. The Balaban J connectivity index is 3.05. The van der Waals surface area contributed by atoms with Gasteiger partial charge in [-0.25, -0.2) is 9.18 Å². The molecule has 0 saturated heterocycles. The van der Waals surface area contributed by atoms with Crippen molar-refractivity contribution in [2.24, 2.45) is 4.99 Å². The summed E-state index contributed by atoms with van der Waals surface area (Å²) in [4.78, 5) is 23.7. The summed E-state index contributed by atoms with van der Waals surface area (Å²) in [6.45, 7) is 1.33. The Morgan fingerprint density at radius 3 is 2.86 bits per heavy atom. The van der Waals surface area contributed by atoms with Crippen LogP contribution >= 0.6 is 0 Å². The summed E-state index contributed by atoms with van der Waals surface area (Å²) in [7, 11) is 0. The lowest BCUT2D eigenvalue weighted by molar-refractivity contribution is -0.114. The fourth-order valence-electron chi connectivity index (χ4n) is 0.929. The van der Waals surface area contributed by atoms with Crippen LogP contribution in [-0.2, 0) is 9.59 Å². The zero-order valence-corrected chi connectivity index (χ0v) is 7.37. The number of hydrogen-bond donors (Lipinski definition) is 1. The normalized spacial score (nSPS) is 9.00. The van der Waals surface area contributed by atoms with Gasteiger partial charge < -0.3 is 5.32 Å². The molecule has 5 heteroatoms. The molecule has 1 aromatic carbocycles. The maximum Gasteiger partial charge on any atom is 0.240 e. The average Bonchev–Trinajstić information content (AvgIpc) is 2.10. The molecule has 0 unspecified atom stereocenters. The minimum absolute atomic E-state index is 0.147. The van der Waals surface area contributed by atoms with Gasteiger partial charge in [0.2, 0.25) is 12.0 Å². The second-order valence-corrected chi connectivity index (χ2v) is 2.55. The molecule has 0 radical (unpaired) electrons. The molecule has 0 spiro atoms. The van der Waals surface area contributed by atoms with Crippen molar-refractivity contribution >= 4 is 23.4 Å². The molecule has 0 aromatic heterocycles. The van der Waals surface area contributed by atoms with E-state index in [9.17, 15) is 14.0 Å². The van der Waals surface area contributed by atoms with Gasteiger partial charge in [-0.2, -0.15) is 4.99 Å². The highest BCUT2D eigenvalue weighted by molar-refractivity contribution is 5.89. The van der Waals surface area contributed by atoms with E-state index < -0.39 is 5.82 Å². The number of aliphatic imine (C=N–C) groups is 1. The van der Waals surface area contributed by atoms with E-state index in [4.69, 9.17) is 0 Å². The van der Waals surface area contributed by atoms with E-state index >= 15 is 0 Å². The van der Waals surface area contributed by atoms with Gasteiger partial charge in [0.1, 0.15) is 11.5 Å². The number of nitrogens with one attached hydrogen (secondary N) is 1. The molecule has 4 nitrogen and oxygen atoms in total. The first-order valence-electron chi connectivity index (χ1n) is 3.78. The summed E-state index contributed by atoms with van der Waals surface area (Å²) < 4.78 is 12.9. The van der Waals surface area contributed by atoms with Gasteiger partial charge in [0.05, 0.1) is 0 Å². The van der Waals surface area contributed by atoms with Crippen LogP contribution in [0.3, 0.4) is 0 Å². The third-order valence-electron chi connectivity index (χ3n) is 1.43. The molecule has 1 amide bonds. The summed E-state index contributed by atoms with van der Waals surface area (Å²) in [5.41, 5.74) is 0.235. The number of amides is 1. The number of carbonyl (C=O) groups is 1. The van der Waals surface area contributed by atoms with Gasteiger partial charge in [-0.3, -0.25) is 4.79 Å². The molecule has 1 N–H and O–H groups in total. The van der Waals surface area contributed by atoms with Gasteiger partial charge in [-0.05, 0) is 18.2 Å². The van der Waals surface area contributed by atoms with Crippen molar-refractivity contribution in [1.29, 1.82) is 0 Å². The first-order valence-corrected chi connectivity index (χ1v) is 3.78. The molecule has 0 aliphatic rings. The van der Waals surface area contributed by atoms with Crippen LogP contribution in [0.2, 0.25) is 0 Å². The van der Waals surface area contributed by atoms with Gasteiger partial charge in [0.15, 0.2) is 0 Å². The lowest BCUT2D eigenvalue weighted by Gasteiger charge is -2.02. The predicted molar refractivity (Wildman–Crippen MR) is 48.5 cm³/mol. The summed E-state index contributed by atoms with van der Waals surface area (Å²) in [6.07, 6.45) is 1.23. The highest BCUT2D eigenvalue weighted by atomic mass is 19.1. The van der Waals surface area contributed by atoms with Gasteiger partial charge in [-0.1, -0.05) is 0 Å². The first kappa shape index (κ1) is 10.1. The molecule has 0 atom stereocenters. The fraction of sp³-hybridized carbons (Fsp3) is 0.111. The number of hydrogen-bond acceptors (Lipinski definition) is 3. The highest BCUT2D eigenvalue weighted by Crippen LogP contribution is 2.21. The van der Waals surface area contributed by atoms with Crippen LogP contribution in [0.25, 0.3) is 0 Å². The largest absolute Gasteiger partial charge is 0.326 e. The lowest BCUT2D eigenvalue weighted by Crippen LogP contribution is -2.05. The Bertz CT molecular complexity index is 411. The van der Waals surface area contributed by atoms with E-state index in [1.807, 2.05) is 0 Å². The topological polar surface area (TPSA) is 58.5 Å². The average molecular weight is 194 g/mol. The summed E-state index contributed by atoms with van der Waals surface area (Å²) in [5, 5.41) is 2.44. The highest BCUT2D eigenvalue weighted by Gasteiger charge is 2.02. The summed E-state index contributed by atoms with van der Waals surface area (Å²) >= 11 is 0. The molecule has 0 aliphatic heterocycles. The molecule has 1 rings (SSSR count). The number of rotatable bonds is 2. The van der Waals surface area contributed by atoms with E-state index in [2.05, 4.69) is 10.3 Å². The Labute approximate surface area is 79.5 Å². The van der Waals surface area contributed by atoms with Crippen LogP contribution in [0.1, 0.15) is 6.92 Å². The smallest absolute Gasteiger partial charge is 0.240 e. The molecule has 0 fully saturated rings. The minimum atomic E-state index is -0.637. The van der Waals surface area contributed by atoms with Crippen molar-refractivity contribution in [1.82, 2.24) is 0 Å². The van der Waals surface area contributed by atoms with E-state index in [0.717, 1.165) is 6.07 Å². The zero-order valence-electron chi connectivity index (χ0n) is 7.37.